The van der Waals surface area contributed by atoms with E-state index in [9.17, 15) is 22.4 Å². The maximum Gasteiger partial charge on any atom is 0.315 e. The van der Waals surface area contributed by atoms with Crippen LogP contribution in [0.5, 0.6) is 0 Å². The van der Waals surface area contributed by atoms with Gasteiger partial charge in [0.05, 0.1) is 0 Å². The molecule has 1 fully saturated rings. The van der Waals surface area contributed by atoms with Crippen LogP contribution in [-0.4, -0.2) is 24.0 Å². The van der Waals surface area contributed by atoms with E-state index < -0.39 is 24.2 Å². The lowest BCUT2D eigenvalue weighted by molar-refractivity contribution is -0.237. The summed E-state index contributed by atoms with van der Waals surface area (Å²) in [5, 5.41) is 0. The Morgan fingerprint density at radius 3 is 2.33 bits per heavy atom. The maximum atomic E-state index is 12.9. The first kappa shape index (κ1) is 9.22. The van der Waals surface area contributed by atoms with Gasteiger partial charge in [-0.1, -0.05) is 0 Å². The highest BCUT2D eigenvalue weighted by Gasteiger charge is 2.69. The van der Waals surface area contributed by atoms with Crippen molar-refractivity contribution in [1.82, 2.24) is 0 Å². The largest absolute Gasteiger partial charge is 0.315 e. The van der Waals surface area contributed by atoms with Crippen molar-refractivity contribution >= 4 is 6.29 Å². The zero-order valence-corrected chi connectivity index (χ0v) is 5.86. The van der Waals surface area contributed by atoms with Crippen molar-refractivity contribution in [2.24, 2.45) is 0 Å². The van der Waals surface area contributed by atoms with Crippen LogP contribution in [0, 0.1) is 0 Å². The molecule has 0 aromatic rings. The number of hydrogen-bond acceptors (Lipinski definition) is 1. The summed E-state index contributed by atoms with van der Waals surface area (Å²) in [6.45, 7) is 0. The Morgan fingerprint density at radius 2 is 2.00 bits per heavy atom. The molecule has 0 heterocycles. The van der Waals surface area contributed by atoms with Gasteiger partial charge in [-0.05, 0) is 12.2 Å². The quantitative estimate of drug-likeness (QED) is 0.468. The first-order valence-electron chi connectivity index (χ1n) is 3.20. The van der Waals surface area contributed by atoms with E-state index in [-0.39, 0.29) is 0 Å². The molecule has 5 heteroatoms. The molecule has 67 valence electrons. The fourth-order valence-corrected chi connectivity index (χ4v) is 1.000. The zero-order chi connectivity index (χ0) is 9.41. The second-order valence-corrected chi connectivity index (χ2v) is 2.61. The molecule has 2 unspecified atom stereocenters. The van der Waals surface area contributed by atoms with Crippen molar-refractivity contribution in [3.05, 3.63) is 12.2 Å². The Bertz CT molecular complexity index is 225. The van der Waals surface area contributed by atoms with Crippen LogP contribution in [0.15, 0.2) is 12.2 Å². The van der Waals surface area contributed by atoms with Crippen LogP contribution in [0.3, 0.4) is 0 Å². The summed E-state index contributed by atoms with van der Waals surface area (Å²) in [5.74, 6) is -4.01. The molecule has 12 heavy (non-hydrogen) atoms. The van der Waals surface area contributed by atoms with Gasteiger partial charge in [0.2, 0.25) is 6.29 Å². The van der Waals surface area contributed by atoms with Gasteiger partial charge in [-0.2, -0.15) is 8.78 Å². The molecular weight excluding hydrogens is 176 g/mol. The molecule has 0 aliphatic heterocycles. The van der Waals surface area contributed by atoms with E-state index in [1.165, 1.54) is 0 Å². The summed E-state index contributed by atoms with van der Waals surface area (Å²) in [6, 6.07) is 0. The molecule has 0 spiro atoms. The van der Waals surface area contributed by atoms with Crippen molar-refractivity contribution in [2.45, 2.75) is 24.2 Å². The van der Waals surface area contributed by atoms with E-state index in [1.807, 2.05) is 0 Å². The first-order chi connectivity index (χ1) is 5.44. The fraction of sp³-hybridized carbons (Fsp3) is 0.571. The number of rotatable bonds is 2. The number of allylic oxidation sites excluding steroid dienone is 2. The first-order valence-corrected chi connectivity index (χ1v) is 3.20. The molecule has 1 rings (SSSR count). The topological polar surface area (TPSA) is 17.1 Å². The highest BCUT2D eigenvalue weighted by atomic mass is 19.3. The van der Waals surface area contributed by atoms with Gasteiger partial charge in [0.15, 0.2) is 11.8 Å². The van der Waals surface area contributed by atoms with Crippen LogP contribution in [0.25, 0.3) is 0 Å². The summed E-state index contributed by atoms with van der Waals surface area (Å²) < 4.78 is 49.7. The Kier molecular flexibility index (Phi) is 1.97. The van der Waals surface area contributed by atoms with Gasteiger partial charge in [0, 0.05) is 6.42 Å². The van der Waals surface area contributed by atoms with Gasteiger partial charge in [0.25, 0.3) is 0 Å². The van der Waals surface area contributed by atoms with E-state index in [1.54, 1.807) is 0 Å². The molecule has 2 atom stereocenters. The lowest BCUT2D eigenvalue weighted by atomic mass is 9.75. The summed E-state index contributed by atoms with van der Waals surface area (Å²) in [7, 11) is 0. The minimum atomic E-state index is -4.01. The Morgan fingerprint density at radius 1 is 1.42 bits per heavy atom. The summed E-state index contributed by atoms with van der Waals surface area (Å²) in [5.41, 5.74) is -3.01. The van der Waals surface area contributed by atoms with E-state index in [0.717, 1.165) is 6.29 Å². The van der Waals surface area contributed by atoms with Crippen LogP contribution in [0.1, 0.15) is 6.42 Å². The van der Waals surface area contributed by atoms with Crippen LogP contribution < -0.4 is 0 Å². The highest BCUT2D eigenvalue weighted by molar-refractivity contribution is 5.66. The molecule has 0 aromatic carbocycles. The molecule has 1 radical (unpaired) electrons. The summed E-state index contributed by atoms with van der Waals surface area (Å²) in [4.78, 5) is 9.57. The van der Waals surface area contributed by atoms with Gasteiger partial charge in [-0.25, -0.2) is 8.78 Å². The van der Waals surface area contributed by atoms with Gasteiger partial charge >= 0.3 is 5.92 Å². The van der Waals surface area contributed by atoms with E-state index in [0.29, 0.717) is 12.2 Å². The monoisotopic (exact) mass is 181 g/mol. The predicted molar refractivity (Wildman–Crippen MR) is 33.1 cm³/mol. The molecule has 1 nitrogen and oxygen atoms in total. The number of hydrogen-bond donors (Lipinski definition) is 0. The predicted octanol–water partition coefficient (Wildman–Crippen LogP) is 1.74. The maximum absolute atomic E-state index is 12.9. The molecule has 1 aliphatic carbocycles. The fourth-order valence-electron chi connectivity index (χ4n) is 1.000. The lowest BCUT2D eigenvalue weighted by Crippen LogP contribution is -2.61. The molecule has 1 saturated carbocycles. The average Bonchev–Trinajstić information content (AvgIpc) is 2.01. The molecule has 0 bridgehead atoms. The van der Waals surface area contributed by atoms with Crippen LogP contribution in [0.2, 0.25) is 0 Å². The van der Waals surface area contributed by atoms with Crippen molar-refractivity contribution in [1.29, 1.82) is 0 Å². The third kappa shape index (κ3) is 1.04. The van der Waals surface area contributed by atoms with Crippen molar-refractivity contribution in [3.8, 4) is 0 Å². The van der Waals surface area contributed by atoms with Gasteiger partial charge in [-0.3, -0.25) is 4.79 Å². The van der Waals surface area contributed by atoms with Crippen LogP contribution in [-0.2, 0) is 4.79 Å². The summed E-state index contributed by atoms with van der Waals surface area (Å²) >= 11 is 0. The smallest absolute Gasteiger partial charge is 0.286 e. The second-order valence-electron chi connectivity index (χ2n) is 2.61. The SMILES string of the molecule is O=[C]C=CC1(F)CC(F)C1(F)F. The average molecular weight is 181 g/mol. The standard InChI is InChI=1S/C7H5F4O/c8-5-4-6(9,2-1-3-12)7(5,10)11/h1-2,5H,4H2. The molecule has 0 aromatic heterocycles. The zero-order valence-electron chi connectivity index (χ0n) is 5.86. The van der Waals surface area contributed by atoms with Crippen molar-refractivity contribution < 1.29 is 22.4 Å². The molecule has 1 aliphatic rings. The third-order valence-corrected chi connectivity index (χ3v) is 1.84. The highest BCUT2D eigenvalue weighted by Crippen LogP contribution is 2.52. The molecule has 0 amide bonds. The second kappa shape index (κ2) is 2.57. The van der Waals surface area contributed by atoms with E-state index >= 15 is 0 Å². The number of carbonyl (C=O) groups excluding carboxylic acids is 1. The van der Waals surface area contributed by atoms with Gasteiger partial charge in [-0.15, -0.1) is 0 Å². The van der Waals surface area contributed by atoms with Crippen LogP contribution >= 0.6 is 0 Å². The van der Waals surface area contributed by atoms with Crippen molar-refractivity contribution in [2.75, 3.05) is 0 Å². The number of halogens is 4. The lowest BCUT2D eigenvalue weighted by Gasteiger charge is -2.43. The minimum Gasteiger partial charge on any atom is -0.286 e. The molecule has 0 N–H and O–H groups in total. The Balaban J connectivity index is 2.76. The Labute approximate surface area is 66.1 Å². The van der Waals surface area contributed by atoms with E-state index in [2.05, 4.69) is 0 Å². The normalized spacial score (nSPS) is 39.5. The molecule has 0 saturated heterocycles. The Hall–Kier alpha value is -0.870. The summed E-state index contributed by atoms with van der Waals surface area (Å²) in [6.07, 6.45) is -1.42. The number of alkyl halides is 4. The molecular formula is C7H5F4O. The van der Waals surface area contributed by atoms with Gasteiger partial charge < -0.3 is 0 Å². The minimum absolute atomic E-state index is 0.343. The van der Waals surface area contributed by atoms with Crippen molar-refractivity contribution in [3.63, 3.8) is 0 Å². The van der Waals surface area contributed by atoms with E-state index in [4.69, 9.17) is 0 Å². The third-order valence-electron chi connectivity index (χ3n) is 1.84. The van der Waals surface area contributed by atoms with Gasteiger partial charge in [0.1, 0.15) is 0 Å². The van der Waals surface area contributed by atoms with Crippen LogP contribution in [0.4, 0.5) is 17.6 Å².